The summed E-state index contributed by atoms with van der Waals surface area (Å²) in [7, 11) is 0. The molecule has 3 heteroatoms. The van der Waals surface area contributed by atoms with E-state index in [1.54, 1.807) is 0 Å². The first-order valence-corrected chi connectivity index (χ1v) is 7.86. The van der Waals surface area contributed by atoms with Crippen molar-refractivity contribution in [2.45, 2.75) is 51.6 Å². The van der Waals surface area contributed by atoms with Crippen molar-refractivity contribution in [3.63, 3.8) is 0 Å². The van der Waals surface area contributed by atoms with E-state index in [4.69, 9.17) is 5.11 Å². The molecule has 0 heterocycles. The third-order valence-corrected chi connectivity index (χ3v) is 3.53. The van der Waals surface area contributed by atoms with Gasteiger partial charge >= 0.3 is 0 Å². The smallest absolute Gasteiger partial charge is 0.0914 e. The summed E-state index contributed by atoms with van der Waals surface area (Å²) < 4.78 is 0. The van der Waals surface area contributed by atoms with E-state index in [2.05, 4.69) is 24.4 Å². The molecule has 114 valence electrons. The summed E-state index contributed by atoms with van der Waals surface area (Å²) in [6.45, 7) is 3.69. The second-order valence-corrected chi connectivity index (χ2v) is 5.35. The van der Waals surface area contributed by atoms with Gasteiger partial charge in [0.15, 0.2) is 0 Å². The lowest BCUT2D eigenvalue weighted by atomic mass is 10.0. The summed E-state index contributed by atoms with van der Waals surface area (Å²) in [6.07, 6.45) is 6.52. The Morgan fingerprint density at radius 3 is 2.45 bits per heavy atom. The predicted octanol–water partition coefficient (Wildman–Crippen LogP) is 2.81. The fourth-order valence-electron chi connectivity index (χ4n) is 2.22. The lowest BCUT2D eigenvalue weighted by Crippen LogP contribution is -2.23. The van der Waals surface area contributed by atoms with E-state index < -0.39 is 6.10 Å². The number of rotatable bonds is 11. The Labute approximate surface area is 123 Å². The fraction of sp³-hybridized carbons (Fsp3) is 0.647. The van der Waals surface area contributed by atoms with Gasteiger partial charge in [-0.05, 0) is 36.9 Å². The first-order valence-electron chi connectivity index (χ1n) is 7.86. The second-order valence-electron chi connectivity index (χ2n) is 5.35. The van der Waals surface area contributed by atoms with E-state index in [0.717, 1.165) is 24.9 Å². The van der Waals surface area contributed by atoms with Crippen LogP contribution < -0.4 is 5.32 Å². The van der Waals surface area contributed by atoms with Gasteiger partial charge in [0.05, 0.1) is 6.10 Å². The summed E-state index contributed by atoms with van der Waals surface area (Å²) >= 11 is 0. The van der Waals surface area contributed by atoms with Gasteiger partial charge in [-0.25, -0.2) is 0 Å². The molecule has 0 bridgehead atoms. The number of nitrogens with one attached hydrogen (secondary N) is 1. The van der Waals surface area contributed by atoms with Gasteiger partial charge in [-0.15, -0.1) is 0 Å². The summed E-state index contributed by atoms with van der Waals surface area (Å²) in [5.74, 6) is 0. The first-order chi connectivity index (χ1) is 9.77. The van der Waals surface area contributed by atoms with Gasteiger partial charge in [0.25, 0.3) is 0 Å². The predicted molar refractivity (Wildman–Crippen MR) is 83.8 cm³/mol. The van der Waals surface area contributed by atoms with E-state index in [-0.39, 0.29) is 6.61 Å². The maximum absolute atomic E-state index is 10.0. The molecule has 1 aromatic carbocycles. The lowest BCUT2D eigenvalue weighted by molar-refractivity contribution is 0.173. The van der Waals surface area contributed by atoms with Crippen molar-refractivity contribution < 1.29 is 10.2 Å². The maximum Gasteiger partial charge on any atom is 0.0914 e. The van der Waals surface area contributed by atoms with Gasteiger partial charge in [0.2, 0.25) is 0 Å². The first kappa shape index (κ1) is 17.2. The molecular formula is C17H29NO2. The largest absolute Gasteiger partial charge is 0.396 e. The summed E-state index contributed by atoms with van der Waals surface area (Å²) in [5.41, 5.74) is 2.31. The van der Waals surface area contributed by atoms with Crippen molar-refractivity contribution in [3.8, 4) is 0 Å². The van der Waals surface area contributed by atoms with Crippen LogP contribution in [0.15, 0.2) is 24.3 Å². The molecule has 1 rings (SSSR count). The molecule has 0 aliphatic rings. The molecule has 0 aromatic heterocycles. The molecule has 0 amide bonds. The maximum atomic E-state index is 10.0. The quantitative estimate of drug-likeness (QED) is 0.546. The highest BCUT2D eigenvalue weighted by atomic mass is 16.3. The lowest BCUT2D eigenvalue weighted by Gasteiger charge is -2.12. The Kier molecular flexibility index (Phi) is 9.29. The monoisotopic (exact) mass is 279 g/mol. The van der Waals surface area contributed by atoms with Crippen LogP contribution in [-0.4, -0.2) is 29.9 Å². The van der Waals surface area contributed by atoms with Crippen LogP contribution >= 0.6 is 0 Å². The summed E-state index contributed by atoms with van der Waals surface area (Å²) in [6, 6.07) is 8.29. The summed E-state index contributed by atoms with van der Waals surface area (Å²) in [5, 5.41) is 21.9. The van der Waals surface area contributed by atoms with Gasteiger partial charge < -0.3 is 15.5 Å². The van der Waals surface area contributed by atoms with Crippen LogP contribution in [-0.2, 0) is 6.42 Å². The fourth-order valence-corrected chi connectivity index (χ4v) is 2.22. The van der Waals surface area contributed by atoms with E-state index in [1.807, 2.05) is 12.1 Å². The van der Waals surface area contributed by atoms with Gasteiger partial charge in [0.1, 0.15) is 0 Å². The zero-order chi connectivity index (χ0) is 14.6. The Morgan fingerprint density at radius 2 is 1.80 bits per heavy atom. The van der Waals surface area contributed by atoms with E-state index in [0.29, 0.717) is 6.54 Å². The van der Waals surface area contributed by atoms with Crippen LogP contribution in [0, 0.1) is 0 Å². The van der Waals surface area contributed by atoms with Gasteiger partial charge in [-0.1, -0.05) is 50.5 Å². The van der Waals surface area contributed by atoms with E-state index in [9.17, 15) is 5.11 Å². The van der Waals surface area contributed by atoms with Gasteiger partial charge in [0, 0.05) is 13.2 Å². The standard InChI is InChI=1S/C17H29NO2/c1-2-3-4-5-7-15-8-10-16(11-9-15)17(20)14-18-12-6-13-19/h8-11,17-20H,2-7,12-14H2,1H3. The molecule has 0 fully saturated rings. The zero-order valence-corrected chi connectivity index (χ0v) is 12.6. The molecule has 0 spiro atoms. The number of aliphatic hydroxyl groups excluding tert-OH is 2. The van der Waals surface area contributed by atoms with Crippen LogP contribution in [0.4, 0.5) is 0 Å². The van der Waals surface area contributed by atoms with Crippen molar-refractivity contribution in [2.24, 2.45) is 0 Å². The number of aryl methyl sites for hydroxylation is 1. The summed E-state index contributed by atoms with van der Waals surface area (Å²) in [4.78, 5) is 0. The van der Waals surface area contributed by atoms with Crippen molar-refractivity contribution in [2.75, 3.05) is 19.7 Å². The van der Waals surface area contributed by atoms with E-state index in [1.165, 1.54) is 31.2 Å². The third-order valence-electron chi connectivity index (χ3n) is 3.53. The average Bonchev–Trinajstić information content (AvgIpc) is 2.48. The molecule has 3 N–H and O–H groups in total. The molecule has 1 unspecified atom stereocenters. The highest BCUT2D eigenvalue weighted by molar-refractivity contribution is 5.24. The molecule has 20 heavy (non-hydrogen) atoms. The Balaban J connectivity index is 2.29. The molecular weight excluding hydrogens is 250 g/mol. The molecule has 0 aliphatic carbocycles. The van der Waals surface area contributed by atoms with Gasteiger partial charge in [-0.3, -0.25) is 0 Å². The van der Waals surface area contributed by atoms with E-state index >= 15 is 0 Å². The third kappa shape index (κ3) is 7.04. The molecule has 0 saturated heterocycles. The minimum absolute atomic E-state index is 0.190. The van der Waals surface area contributed by atoms with Crippen LogP contribution in [0.3, 0.4) is 0 Å². The topological polar surface area (TPSA) is 52.5 Å². The minimum Gasteiger partial charge on any atom is -0.396 e. The highest BCUT2D eigenvalue weighted by Gasteiger charge is 2.06. The van der Waals surface area contributed by atoms with Crippen molar-refractivity contribution in [1.29, 1.82) is 0 Å². The van der Waals surface area contributed by atoms with Gasteiger partial charge in [-0.2, -0.15) is 0 Å². The molecule has 3 nitrogen and oxygen atoms in total. The molecule has 1 aromatic rings. The molecule has 0 radical (unpaired) electrons. The normalized spacial score (nSPS) is 12.6. The van der Waals surface area contributed by atoms with Crippen molar-refractivity contribution in [3.05, 3.63) is 35.4 Å². The Morgan fingerprint density at radius 1 is 1.05 bits per heavy atom. The Bertz CT molecular complexity index is 337. The van der Waals surface area contributed by atoms with Crippen molar-refractivity contribution >= 4 is 0 Å². The number of hydrogen-bond donors (Lipinski definition) is 3. The zero-order valence-electron chi connectivity index (χ0n) is 12.6. The van der Waals surface area contributed by atoms with Crippen LogP contribution in [0.5, 0.6) is 0 Å². The molecule has 0 aliphatic heterocycles. The van der Waals surface area contributed by atoms with Crippen LogP contribution in [0.25, 0.3) is 0 Å². The highest BCUT2D eigenvalue weighted by Crippen LogP contribution is 2.15. The number of unbranched alkanes of at least 4 members (excludes halogenated alkanes) is 3. The second kappa shape index (κ2) is 10.8. The SMILES string of the molecule is CCCCCCc1ccc(C(O)CNCCCO)cc1. The van der Waals surface area contributed by atoms with Crippen molar-refractivity contribution in [1.82, 2.24) is 5.32 Å². The number of aliphatic hydroxyl groups is 2. The van der Waals surface area contributed by atoms with Crippen LogP contribution in [0.1, 0.15) is 56.3 Å². The molecule has 1 atom stereocenters. The number of hydrogen-bond acceptors (Lipinski definition) is 3. The number of benzene rings is 1. The Hall–Kier alpha value is -0.900. The minimum atomic E-state index is -0.470. The molecule has 0 saturated carbocycles. The van der Waals surface area contributed by atoms with Crippen LogP contribution in [0.2, 0.25) is 0 Å². The average molecular weight is 279 g/mol.